The Balaban J connectivity index is 2.04. The molecule has 2 aromatic rings. The molecule has 0 radical (unpaired) electrons. The van der Waals surface area contributed by atoms with Crippen LogP contribution in [-0.2, 0) is 11.3 Å². The summed E-state index contributed by atoms with van der Waals surface area (Å²) < 4.78 is 23.6. The summed E-state index contributed by atoms with van der Waals surface area (Å²) in [6.45, 7) is 1.76. The van der Waals surface area contributed by atoms with Gasteiger partial charge in [0.1, 0.15) is 23.7 Å². The molecule has 1 heterocycles. The second kappa shape index (κ2) is 5.35. The lowest BCUT2D eigenvalue weighted by Gasteiger charge is -2.06. The fourth-order valence-corrected chi connectivity index (χ4v) is 1.92. The molecule has 0 aliphatic carbocycles. The van der Waals surface area contributed by atoms with Crippen LogP contribution in [0.2, 0.25) is 0 Å². The third-order valence-electron chi connectivity index (χ3n) is 2.45. The third-order valence-corrected chi connectivity index (χ3v) is 3.19. The number of carbonyl (C=O) groups is 1. The van der Waals surface area contributed by atoms with Crippen molar-refractivity contribution in [3.8, 4) is 0 Å². The number of ether oxygens (including phenoxy) is 1. The van der Waals surface area contributed by atoms with Crippen molar-refractivity contribution >= 4 is 21.9 Å². The fraction of sp³-hybridized carbons (Fsp3) is 0.154. The van der Waals surface area contributed by atoms with Gasteiger partial charge in [-0.25, -0.2) is 9.18 Å². The monoisotopic (exact) mass is 312 g/mol. The zero-order valence-corrected chi connectivity index (χ0v) is 11.2. The molecule has 0 aliphatic heterocycles. The van der Waals surface area contributed by atoms with E-state index in [0.29, 0.717) is 21.4 Å². The maximum Gasteiger partial charge on any atom is 0.342 e. The molecule has 0 aliphatic rings. The van der Waals surface area contributed by atoms with Crippen molar-refractivity contribution in [2.45, 2.75) is 13.5 Å². The van der Waals surface area contributed by atoms with Gasteiger partial charge in [-0.1, -0.05) is 22.0 Å². The maximum atomic E-state index is 12.9. The quantitative estimate of drug-likeness (QED) is 0.808. The van der Waals surface area contributed by atoms with Gasteiger partial charge in [0.25, 0.3) is 0 Å². The van der Waals surface area contributed by atoms with Gasteiger partial charge in [0.2, 0.25) is 0 Å². The Morgan fingerprint density at radius 1 is 1.44 bits per heavy atom. The maximum absolute atomic E-state index is 12.9. The first-order valence-electron chi connectivity index (χ1n) is 5.23. The van der Waals surface area contributed by atoms with Crippen LogP contribution in [0, 0.1) is 12.7 Å². The molecule has 0 fully saturated rings. The molecule has 0 saturated heterocycles. The largest absolute Gasteiger partial charge is 0.469 e. The van der Waals surface area contributed by atoms with Crippen LogP contribution in [0.25, 0.3) is 0 Å². The van der Waals surface area contributed by atoms with Gasteiger partial charge in [-0.05, 0) is 25.1 Å². The summed E-state index contributed by atoms with van der Waals surface area (Å²) >= 11 is 3.21. The van der Waals surface area contributed by atoms with E-state index in [4.69, 9.17) is 9.15 Å². The first-order chi connectivity index (χ1) is 8.58. The van der Waals surface area contributed by atoms with Crippen LogP contribution in [0.5, 0.6) is 0 Å². The lowest BCUT2D eigenvalue weighted by atomic mass is 10.2. The summed E-state index contributed by atoms with van der Waals surface area (Å²) in [7, 11) is 0. The Kier molecular flexibility index (Phi) is 3.81. The lowest BCUT2D eigenvalue weighted by Crippen LogP contribution is -2.05. The normalized spacial score (nSPS) is 10.4. The predicted molar refractivity (Wildman–Crippen MR) is 66.7 cm³/mol. The molecule has 0 atom stereocenters. The van der Waals surface area contributed by atoms with Gasteiger partial charge < -0.3 is 9.15 Å². The van der Waals surface area contributed by atoms with E-state index in [9.17, 15) is 9.18 Å². The summed E-state index contributed by atoms with van der Waals surface area (Å²) in [6, 6.07) is 5.76. The van der Waals surface area contributed by atoms with Crippen molar-refractivity contribution in [3.63, 3.8) is 0 Å². The molecule has 0 bridgehead atoms. The van der Waals surface area contributed by atoms with Crippen LogP contribution in [0.1, 0.15) is 21.7 Å². The highest BCUT2D eigenvalue weighted by atomic mass is 79.9. The lowest BCUT2D eigenvalue weighted by molar-refractivity contribution is 0.0470. The van der Waals surface area contributed by atoms with Crippen molar-refractivity contribution in [3.05, 3.63) is 57.7 Å². The second-order valence-electron chi connectivity index (χ2n) is 3.70. The summed E-state index contributed by atoms with van der Waals surface area (Å²) in [5.41, 5.74) is 1.10. The van der Waals surface area contributed by atoms with E-state index >= 15 is 0 Å². The number of esters is 1. The summed E-state index contributed by atoms with van der Waals surface area (Å²) in [5.74, 6) is -0.293. The van der Waals surface area contributed by atoms with E-state index in [2.05, 4.69) is 15.9 Å². The molecule has 0 saturated carbocycles. The van der Waals surface area contributed by atoms with E-state index in [1.807, 2.05) is 0 Å². The van der Waals surface area contributed by atoms with Crippen LogP contribution in [-0.4, -0.2) is 5.97 Å². The van der Waals surface area contributed by atoms with Crippen LogP contribution >= 0.6 is 15.9 Å². The Morgan fingerprint density at radius 3 is 2.83 bits per heavy atom. The summed E-state index contributed by atoms with van der Waals surface area (Å²) in [6.07, 6.45) is 1.43. The number of rotatable bonds is 3. The van der Waals surface area contributed by atoms with Gasteiger partial charge in [0, 0.05) is 10.0 Å². The highest BCUT2D eigenvalue weighted by Gasteiger charge is 2.13. The molecule has 94 valence electrons. The van der Waals surface area contributed by atoms with Gasteiger partial charge in [-0.15, -0.1) is 0 Å². The number of hydrogen-bond acceptors (Lipinski definition) is 3. The molecule has 18 heavy (non-hydrogen) atoms. The summed E-state index contributed by atoms with van der Waals surface area (Å²) in [4.78, 5) is 11.7. The average Bonchev–Trinajstić information content (AvgIpc) is 2.74. The molecule has 0 unspecified atom stereocenters. The number of carbonyl (C=O) groups excluding carboxylic acids is 1. The molecule has 0 N–H and O–H groups in total. The summed E-state index contributed by atoms with van der Waals surface area (Å²) in [5, 5.41) is 0. The molecule has 1 aromatic carbocycles. The highest BCUT2D eigenvalue weighted by molar-refractivity contribution is 9.10. The van der Waals surface area contributed by atoms with E-state index in [0.717, 1.165) is 0 Å². The number of hydrogen-bond donors (Lipinski definition) is 0. The third kappa shape index (κ3) is 2.79. The highest BCUT2D eigenvalue weighted by Crippen LogP contribution is 2.19. The SMILES string of the molecule is Cc1occc1C(=O)OCc1ccc(F)cc1Br. The minimum absolute atomic E-state index is 0.0737. The standard InChI is InChI=1S/C13H10BrFO3/c1-8-11(4-5-17-8)13(16)18-7-9-2-3-10(15)6-12(9)14/h2-6H,7H2,1H3. The van der Waals surface area contributed by atoms with E-state index in [1.165, 1.54) is 18.4 Å². The Hall–Kier alpha value is -1.62. The van der Waals surface area contributed by atoms with Crippen molar-refractivity contribution in [1.82, 2.24) is 0 Å². The van der Waals surface area contributed by atoms with Gasteiger partial charge in [-0.3, -0.25) is 0 Å². The van der Waals surface area contributed by atoms with E-state index in [-0.39, 0.29) is 12.4 Å². The van der Waals surface area contributed by atoms with E-state index in [1.54, 1.807) is 19.1 Å². The van der Waals surface area contributed by atoms with Crippen LogP contribution in [0.15, 0.2) is 39.4 Å². The van der Waals surface area contributed by atoms with Gasteiger partial charge in [0.15, 0.2) is 0 Å². The molecule has 5 heteroatoms. The zero-order valence-electron chi connectivity index (χ0n) is 9.57. The molecule has 3 nitrogen and oxygen atoms in total. The molecular weight excluding hydrogens is 303 g/mol. The minimum atomic E-state index is -0.461. The molecule has 1 aromatic heterocycles. The Morgan fingerprint density at radius 2 is 2.22 bits per heavy atom. The van der Waals surface area contributed by atoms with Crippen molar-refractivity contribution in [1.29, 1.82) is 0 Å². The number of aryl methyl sites for hydroxylation is 1. The first-order valence-corrected chi connectivity index (χ1v) is 6.02. The van der Waals surface area contributed by atoms with E-state index < -0.39 is 5.97 Å². The van der Waals surface area contributed by atoms with Crippen LogP contribution < -0.4 is 0 Å². The number of benzene rings is 1. The number of furan rings is 1. The topological polar surface area (TPSA) is 39.4 Å². The van der Waals surface area contributed by atoms with Gasteiger partial charge in [0.05, 0.1) is 6.26 Å². The predicted octanol–water partition coefficient (Wildman–Crippen LogP) is 3.85. The molecule has 0 spiro atoms. The van der Waals surface area contributed by atoms with Crippen molar-refractivity contribution in [2.75, 3.05) is 0 Å². The smallest absolute Gasteiger partial charge is 0.342 e. The van der Waals surface area contributed by atoms with Crippen LogP contribution in [0.4, 0.5) is 4.39 Å². The van der Waals surface area contributed by atoms with Crippen molar-refractivity contribution in [2.24, 2.45) is 0 Å². The van der Waals surface area contributed by atoms with Crippen LogP contribution in [0.3, 0.4) is 0 Å². The molecule has 0 amide bonds. The fourth-order valence-electron chi connectivity index (χ4n) is 1.46. The first kappa shape index (κ1) is 12.8. The van der Waals surface area contributed by atoms with Crippen molar-refractivity contribution < 1.29 is 18.3 Å². The average molecular weight is 313 g/mol. The Bertz CT molecular complexity index is 577. The minimum Gasteiger partial charge on any atom is -0.469 e. The molecular formula is C13H10BrFO3. The molecule has 2 rings (SSSR count). The Labute approximate surface area is 112 Å². The van der Waals surface area contributed by atoms with Gasteiger partial charge in [-0.2, -0.15) is 0 Å². The number of halogens is 2. The van der Waals surface area contributed by atoms with Gasteiger partial charge >= 0.3 is 5.97 Å². The zero-order chi connectivity index (χ0) is 13.1. The second-order valence-corrected chi connectivity index (χ2v) is 4.56.